The van der Waals surface area contributed by atoms with Crippen LogP contribution in [-0.4, -0.2) is 55.4 Å². The Morgan fingerprint density at radius 2 is 2.00 bits per heavy atom. The van der Waals surface area contributed by atoms with E-state index in [1.807, 2.05) is 20.8 Å². The minimum Gasteiger partial charge on any atom is -0.444 e. The minimum absolute atomic E-state index is 0.309. The predicted octanol–water partition coefficient (Wildman–Crippen LogP) is 2.28. The van der Waals surface area contributed by atoms with E-state index in [0.29, 0.717) is 31.8 Å². The molecule has 6 nitrogen and oxygen atoms in total. The van der Waals surface area contributed by atoms with Gasteiger partial charge in [-0.2, -0.15) is 5.10 Å². The number of rotatable bonds is 5. The molecule has 0 unspecified atom stereocenters. The van der Waals surface area contributed by atoms with E-state index < -0.39 is 13.7 Å². The van der Waals surface area contributed by atoms with Gasteiger partial charge in [0, 0.05) is 33.2 Å². The Morgan fingerprint density at radius 3 is 2.60 bits per heavy atom. The third-order valence-electron chi connectivity index (χ3n) is 4.01. The molecule has 1 aliphatic rings. The summed E-state index contributed by atoms with van der Waals surface area (Å²) in [5.41, 5.74) is 1.94. The summed E-state index contributed by atoms with van der Waals surface area (Å²) < 4.78 is 12.9. The molecule has 8 heteroatoms. The van der Waals surface area contributed by atoms with Crippen LogP contribution in [-0.2, 0) is 29.2 Å². The van der Waals surface area contributed by atoms with Crippen molar-refractivity contribution in [1.82, 2.24) is 14.7 Å². The third-order valence-corrected chi connectivity index (χ3v) is 5.71. The number of ether oxygens (including phenoxy) is 2. The fourth-order valence-corrected chi connectivity index (χ4v) is 3.31. The van der Waals surface area contributed by atoms with Crippen LogP contribution in [0.2, 0.25) is 25.7 Å². The fourth-order valence-electron chi connectivity index (χ4n) is 2.56. The summed E-state index contributed by atoms with van der Waals surface area (Å²) >= 11 is 0. The van der Waals surface area contributed by atoms with Gasteiger partial charge in [0.15, 0.2) is 0 Å². The van der Waals surface area contributed by atoms with E-state index in [0.717, 1.165) is 23.9 Å². The van der Waals surface area contributed by atoms with Crippen LogP contribution in [0.5, 0.6) is 0 Å². The van der Waals surface area contributed by atoms with Crippen molar-refractivity contribution in [3.63, 3.8) is 0 Å². The van der Waals surface area contributed by atoms with Crippen LogP contribution in [0.15, 0.2) is 0 Å². The van der Waals surface area contributed by atoms with E-state index in [2.05, 4.69) is 24.7 Å². The van der Waals surface area contributed by atoms with Gasteiger partial charge in [0.2, 0.25) is 0 Å². The van der Waals surface area contributed by atoms with Gasteiger partial charge in [0.05, 0.1) is 12.2 Å². The first kappa shape index (κ1) is 20.0. The Hall–Kier alpha value is -1.28. The highest BCUT2D eigenvalue weighted by Crippen LogP contribution is 2.19. The van der Waals surface area contributed by atoms with Crippen LogP contribution in [0.1, 0.15) is 32.0 Å². The second kappa shape index (κ2) is 7.53. The molecular weight excluding hydrogens is 333 g/mol. The second-order valence-electron chi connectivity index (χ2n) is 8.81. The lowest BCUT2D eigenvalue weighted by atomic mass is 9.94. The number of amides is 1. The molecular formula is C17H30BN3O3Si. The molecule has 0 saturated carbocycles. The van der Waals surface area contributed by atoms with Gasteiger partial charge in [-0.15, -0.1) is 0 Å². The highest BCUT2D eigenvalue weighted by molar-refractivity contribution is 6.76. The maximum atomic E-state index is 12.3. The van der Waals surface area contributed by atoms with Crippen molar-refractivity contribution in [1.29, 1.82) is 0 Å². The Labute approximate surface area is 153 Å². The van der Waals surface area contributed by atoms with Crippen molar-refractivity contribution < 1.29 is 14.3 Å². The lowest BCUT2D eigenvalue weighted by molar-refractivity contribution is 0.0224. The van der Waals surface area contributed by atoms with Crippen molar-refractivity contribution in [2.24, 2.45) is 0 Å². The maximum absolute atomic E-state index is 12.3. The van der Waals surface area contributed by atoms with Gasteiger partial charge in [-0.05, 0) is 32.4 Å². The Balaban J connectivity index is 1.96. The summed E-state index contributed by atoms with van der Waals surface area (Å²) in [6, 6.07) is 1.11. The van der Waals surface area contributed by atoms with E-state index in [1.165, 1.54) is 0 Å². The molecule has 2 heterocycles. The number of carbonyl (C=O) groups is 1. The van der Waals surface area contributed by atoms with Crippen LogP contribution in [0.25, 0.3) is 0 Å². The molecule has 0 bridgehead atoms. The number of carbonyl (C=O) groups excluding carboxylic acids is 1. The first-order chi connectivity index (χ1) is 11.5. The molecule has 0 saturated heterocycles. The average Bonchev–Trinajstić information content (AvgIpc) is 2.77. The predicted molar refractivity (Wildman–Crippen MR) is 102 cm³/mol. The summed E-state index contributed by atoms with van der Waals surface area (Å²) in [5.74, 6) is 0. The van der Waals surface area contributed by atoms with Gasteiger partial charge in [-0.1, -0.05) is 19.6 Å². The molecule has 2 rings (SSSR count). The van der Waals surface area contributed by atoms with Gasteiger partial charge < -0.3 is 14.4 Å². The van der Waals surface area contributed by atoms with Crippen molar-refractivity contribution in [2.75, 3.05) is 13.2 Å². The van der Waals surface area contributed by atoms with E-state index in [4.69, 9.17) is 17.3 Å². The van der Waals surface area contributed by atoms with Crippen molar-refractivity contribution >= 4 is 27.6 Å². The van der Waals surface area contributed by atoms with Gasteiger partial charge in [0.25, 0.3) is 0 Å². The van der Waals surface area contributed by atoms with E-state index in [-0.39, 0.29) is 6.09 Å². The molecule has 1 amide bonds. The molecule has 0 aliphatic carbocycles. The summed E-state index contributed by atoms with van der Waals surface area (Å²) in [7, 11) is 5.13. The van der Waals surface area contributed by atoms with Crippen LogP contribution in [0.4, 0.5) is 4.79 Å². The van der Waals surface area contributed by atoms with Crippen LogP contribution >= 0.6 is 0 Å². The number of hydrogen-bond donors (Lipinski definition) is 0. The molecule has 0 fully saturated rings. The molecule has 0 atom stereocenters. The van der Waals surface area contributed by atoms with Crippen molar-refractivity contribution in [3.05, 3.63) is 11.3 Å². The largest absolute Gasteiger partial charge is 0.444 e. The summed E-state index contributed by atoms with van der Waals surface area (Å²) in [6.45, 7) is 14.7. The van der Waals surface area contributed by atoms with Gasteiger partial charge in [0.1, 0.15) is 20.2 Å². The van der Waals surface area contributed by atoms with Gasteiger partial charge in [-0.25, -0.2) is 4.79 Å². The van der Waals surface area contributed by atoms with Crippen molar-refractivity contribution in [2.45, 2.75) is 71.8 Å². The Bertz CT molecular complexity index is 620. The highest BCUT2D eigenvalue weighted by Gasteiger charge is 2.28. The molecule has 0 spiro atoms. The van der Waals surface area contributed by atoms with E-state index in [9.17, 15) is 4.79 Å². The first-order valence-corrected chi connectivity index (χ1v) is 12.6. The minimum atomic E-state index is -1.10. The quantitative estimate of drug-likeness (QED) is 0.595. The third kappa shape index (κ3) is 5.88. The normalized spacial score (nSPS) is 15.2. The molecule has 0 N–H and O–H groups in total. The van der Waals surface area contributed by atoms with Crippen LogP contribution < -0.4 is 5.59 Å². The zero-order valence-electron chi connectivity index (χ0n) is 16.4. The number of nitrogens with zero attached hydrogens (tertiary/aromatic N) is 3. The van der Waals surface area contributed by atoms with Crippen molar-refractivity contribution in [3.8, 4) is 0 Å². The molecule has 138 valence electrons. The molecule has 1 aromatic heterocycles. The summed E-state index contributed by atoms with van der Waals surface area (Å²) in [6.07, 6.45) is 0.373. The molecule has 1 aliphatic heterocycles. The number of aromatic nitrogens is 2. The monoisotopic (exact) mass is 363 g/mol. The Kier molecular flexibility index (Phi) is 6.04. The van der Waals surface area contributed by atoms with E-state index >= 15 is 0 Å². The Morgan fingerprint density at radius 1 is 1.32 bits per heavy atom. The zero-order valence-corrected chi connectivity index (χ0v) is 17.4. The average molecular weight is 363 g/mol. The van der Waals surface area contributed by atoms with Gasteiger partial charge in [-0.3, -0.25) is 4.68 Å². The number of hydrogen-bond acceptors (Lipinski definition) is 4. The van der Waals surface area contributed by atoms with Crippen LogP contribution in [0.3, 0.4) is 0 Å². The molecule has 2 radical (unpaired) electrons. The first-order valence-electron chi connectivity index (χ1n) is 8.86. The second-order valence-corrected chi connectivity index (χ2v) is 14.4. The topological polar surface area (TPSA) is 56.6 Å². The van der Waals surface area contributed by atoms with Gasteiger partial charge >= 0.3 is 6.09 Å². The lowest BCUT2D eigenvalue weighted by Gasteiger charge is -2.29. The SMILES string of the molecule is [B]c1c2c(nn1COCC[Si](C)(C)C)CCN(C(=O)OC(C)(C)C)C2. The molecule has 0 aromatic carbocycles. The number of fused-ring (bicyclic) bond motifs is 1. The van der Waals surface area contributed by atoms with E-state index in [1.54, 1.807) is 9.58 Å². The summed E-state index contributed by atoms with van der Waals surface area (Å²) in [5, 5.41) is 4.55. The van der Waals surface area contributed by atoms with Crippen LogP contribution in [0, 0.1) is 0 Å². The summed E-state index contributed by atoms with van der Waals surface area (Å²) in [4.78, 5) is 13.9. The standard InChI is InChI=1S/C17H30BN3O3Si/c1-17(2,3)24-16(22)20-8-7-14-13(11-20)15(18)21(19-14)12-23-9-10-25(4,5)6/h7-12H2,1-6H3. The smallest absolute Gasteiger partial charge is 0.410 e. The molecule has 1 aromatic rings. The fraction of sp³-hybridized carbons (Fsp3) is 0.765. The zero-order chi connectivity index (χ0) is 18.8. The highest BCUT2D eigenvalue weighted by atomic mass is 28.3. The lowest BCUT2D eigenvalue weighted by Crippen LogP contribution is -2.41. The maximum Gasteiger partial charge on any atom is 0.410 e. The molecule has 25 heavy (non-hydrogen) atoms.